The molecule has 2 N–H and O–H groups in total. The minimum absolute atomic E-state index is 0.00735. The molecule has 1 aliphatic heterocycles. The monoisotopic (exact) mass is 419 g/mol. The van der Waals surface area contributed by atoms with Crippen LogP contribution in [-0.4, -0.2) is 68.7 Å². The van der Waals surface area contributed by atoms with Gasteiger partial charge in [0.1, 0.15) is 0 Å². The summed E-state index contributed by atoms with van der Waals surface area (Å²) in [6.07, 6.45) is 2.48. The molecule has 0 saturated carbocycles. The number of amides is 2. The highest BCUT2D eigenvalue weighted by atomic mass is 16.5. The Balaban J connectivity index is 1.68. The first kappa shape index (κ1) is 23.8. The summed E-state index contributed by atoms with van der Waals surface area (Å²) >= 11 is 0. The maximum Gasteiger partial charge on any atom is 0.337 e. The van der Waals surface area contributed by atoms with E-state index in [9.17, 15) is 14.4 Å². The van der Waals surface area contributed by atoms with Crippen molar-refractivity contribution in [1.29, 1.82) is 0 Å². The second-order valence-corrected chi connectivity index (χ2v) is 7.74. The van der Waals surface area contributed by atoms with E-state index in [0.717, 1.165) is 19.3 Å². The van der Waals surface area contributed by atoms with Crippen molar-refractivity contribution < 1.29 is 23.9 Å². The van der Waals surface area contributed by atoms with E-state index in [1.807, 2.05) is 18.7 Å². The summed E-state index contributed by atoms with van der Waals surface area (Å²) in [7, 11) is 1.32. The van der Waals surface area contributed by atoms with Crippen LogP contribution in [0.4, 0.5) is 5.69 Å². The van der Waals surface area contributed by atoms with Gasteiger partial charge in [0, 0.05) is 24.8 Å². The highest BCUT2D eigenvalue weighted by molar-refractivity contribution is 5.95. The van der Waals surface area contributed by atoms with Crippen LogP contribution in [0.2, 0.25) is 0 Å². The highest BCUT2D eigenvalue weighted by Crippen LogP contribution is 2.18. The average Bonchev–Trinajstić information content (AvgIpc) is 2.73. The zero-order valence-corrected chi connectivity index (χ0v) is 18.1. The number of rotatable bonds is 10. The van der Waals surface area contributed by atoms with Crippen LogP contribution in [0.1, 0.15) is 43.5 Å². The lowest BCUT2D eigenvalue weighted by Gasteiger charge is -2.30. The summed E-state index contributed by atoms with van der Waals surface area (Å²) in [4.78, 5) is 38.3. The molecule has 0 spiro atoms. The molecule has 0 unspecified atom stereocenters. The summed E-state index contributed by atoms with van der Waals surface area (Å²) in [5, 5.41) is 5.79. The van der Waals surface area contributed by atoms with Crippen LogP contribution in [0.25, 0.3) is 0 Å². The smallest absolute Gasteiger partial charge is 0.337 e. The van der Waals surface area contributed by atoms with Gasteiger partial charge in [-0.25, -0.2) is 4.79 Å². The Hall–Kier alpha value is -2.45. The Bertz CT molecular complexity index is 714. The lowest BCUT2D eigenvalue weighted by Crippen LogP contribution is -2.43. The number of nitrogens with zero attached hydrogens (tertiary/aromatic N) is 1. The Morgan fingerprint density at radius 2 is 1.93 bits per heavy atom. The molecule has 1 aromatic rings. The first-order chi connectivity index (χ1) is 14.4. The third-order valence-electron chi connectivity index (χ3n) is 4.96. The van der Waals surface area contributed by atoms with E-state index >= 15 is 0 Å². The van der Waals surface area contributed by atoms with Crippen molar-refractivity contribution in [2.75, 3.05) is 45.2 Å². The van der Waals surface area contributed by atoms with E-state index in [1.54, 1.807) is 24.3 Å². The first-order valence-electron chi connectivity index (χ1n) is 10.5. The fourth-order valence-corrected chi connectivity index (χ4v) is 3.35. The number of methoxy groups -OCH3 is 1. The molecular formula is C22H33N3O5. The van der Waals surface area contributed by atoms with Crippen molar-refractivity contribution in [3.05, 3.63) is 29.8 Å². The molecule has 1 aromatic carbocycles. The fraction of sp³-hybridized carbons (Fsp3) is 0.591. The molecule has 166 valence electrons. The van der Waals surface area contributed by atoms with E-state index in [2.05, 4.69) is 10.6 Å². The van der Waals surface area contributed by atoms with Crippen LogP contribution in [0.15, 0.2) is 24.3 Å². The third kappa shape index (κ3) is 8.12. The van der Waals surface area contributed by atoms with Gasteiger partial charge in [-0.1, -0.05) is 6.07 Å². The van der Waals surface area contributed by atoms with Crippen molar-refractivity contribution in [3.8, 4) is 0 Å². The van der Waals surface area contributed by atoms with Gasteiger partial charge in [-0.3, -0.25) is 14.5 Å². The van der Waals surface area contributed by atoms with Crippen molar-refractivity contribution in [3.63, 3.8) is 0 Å². The van der Waals surface area contributed by atoms with E-state index in [-0.39, 0.29) is 30.4 Å². The number of anilines is 1. The maximum atomic E-state index is 12.3. The Morgan fingerprint density at radius 1 is 1.20 bits per heavy atom. The Labute approximate surface area is 178 Å². The normalized spacial score (nSPS) is 15.1. The molecule has 1 fully saturated rings. The molecular weight excluding hydrogens is 386 g/mol. The molecule has 30 heavy (non-hydrogen) atoms. The molecule has 1 heterocycles. The Morgan fingerprint density at radius 3 is 2.60 bits per heavy atom. The average molecular weight is 420 g/mol. The fourth-order valence-electron chi connectivity index (χ4n) is 3.35. The number of nitrogens with one attached hydrogen (secondary N) is 2. The number of piperidine rings is 1. The first-order valence-corrected chi connectivity index (χ1v) is 10.5. The summed E-state index contributed by atoms with van der Waals surface area (Å²) < 4.78 is 10.2. The van der Waals surface area contributed by atoms with Gasteiger partial charge >= 0.3 is 5.97 Å². The van der Waals surface area contributed by atoms with Crippen molar-refractivity contribution in [2.24, 2.45) is 5.92 Å². The minimum atomic E-state index is -0.445. The molecule has 0 bridgehead atoms. The molecule has 0 atom stereocenters. The van der Waals surface area contributed by atoms with Gasteiger partial charge < -0.3 is 20.1 Å². The number of hydrogen-bond acceptors (Lipinski definition) is 6. The molecule has 2 amide bonds. The zero-order chi connectivity index (χ0) is 21.9. The maximum absolute atomic E-state index is 12.3. The van der Waals surface area contributed by atoms with Gasteiger partial charge in [-0.2, -0.15) is 0 Å². The number of ether oxygens (including phenoxy) is 2. The number of carbonyl (C=O) groups excluding carboxylic acids is 3. The topological polar surface area (TPSA) is 97.0 Å². The highest BCUT2D eigenvalue weighted by Gasteiger charge is 2.25. The van der Waals surface area contributed by atoms with Crippen LogP contribution in [0, 0.1) is 5.92 Å². The number of carbonyl (C=O) groups is 3. The van der Waals surface area contributed by atoms with Gasteiger partial charge in [0.15, 0.2) is 0 Å². The third-order valence-corrected chi connectivity index (χ3v) is 4.96. The summed E-state index contributed by atoms with van der Waals surface area (Å²) in [6.45, 7) is 6.91. The Kier molecular flexibility index (Phi) is 9.76. The van der Waals surface area contributed by atoms with Crippen molar-refractivity contribution >= 4 is 23.5 Å². The predicted molar refractivity (Wildman–Crippen MR) is 114 cm³/mol. The SMILES string of the molecule is COC(=O)c1cccc(NC(=O)CN2CCC(C(=O)NCCCOC(C)C)CC2)c1. The zero-order valence-electron chi connectivity index (χ0n) is 18.1. The predicted octanol–water partition coefficient (Wildman–Crippen LogP) is 2.05. The molecule has 1 aliphatic rings. The van der Waals surface area contributed by atoms with Crippen LogP contribution in [0.3, 0.4) is 0 Å². The van der Waals surface area contributed by atoms with Crippen LogP contribution in [0.5, 0.6) is 0 Å². The second kappa shape index (κ2) is 12.3. The van der Waals surface area contributed by atoms with Gasteiger partial charge in [0.25, 0.3) is 0 Å². The minimum Gasteiger partial charge on any atom is -0.465 e. The van der Waals surface area contributed by atoms with Crippen molar-refractivity contribution in [2.45, 2.75) is 39.2 Å². The van der Waals surface area contributed by atoms with Crippen LogP contribution < -0.4 is 10.6 Å². The quantitative estimate of drug-likeness (QED) is 0.445. The lowest BCUT2D eigenvalue weighted by molar-refractivity contribution is -0.126. The number of esters is 1. The summed E-state index contributed by atoms with van der Waals surface area (Å²) in [5.74, 6) is -0.515. The van der Waals surface area contributed by atoms with Gasteiger partial charge in [0.2, 0.25) is 11.8 Å². The van der Waals surface area contributed by atoms with E-state index in [0.29, 0.717) is 37.5 Å². The number of hydrogen-bond donors (Lipinski definition) is 2. The molecule has 8 nitrogen and oxygen atoms in total. The molecule has 8 heteroatoms. The molecule has 2 rings (SSSR count). The number of benzene rings is 1. The van der Waals surface area contributed by atoms with Gasteiger partial charge in [-0.05, 0) is 64.4 Å². The molecule has 0 aliphatic carbocycles. The summed E-state index contributed by atoms with van der Waals surface area (Å²) in [5.41, 5.74) is 0.941. The van der Waals surface area contributed by atoms with E-state index in [1.165, 1.54) is 7.11 Å². The summed E-state index contributed by atoms with van der Waals surface area (Å²) in [6, 6.07) is 6.65. The number of likely N-dealkylation sites (tertiary alicyclic amines) is 1. The molecule has 0 aromatic heterocycles. The van der Waals surface area contributed by atoms with Gasteiger partial charge in [0.05, 0.1) is 25.3 Å². The molecule has 0 radical (unpaired) electrons. The van der Waals surface area contributed by atoms with E-state index < -0.39 is 5.97 Å². The van der Waals surface area contributed by atoms with Crippen LogP contribution in [-0.2, 0) is 19.1 Å². The van der Waals surface area contributed by atoms with Crippen LogP contribution >= 0.6 is 0 Å². The standard InChI is InChI=1S/C22H33N3O5/c1-16(2)30-13-5-10-23-21(27)17-8-11-25(12-9-17)15-20(26)24-19-7-4-6-18(14-19)22(28)29-3/h4,6-7,14,16-17H,5,8-13,15H2,1-3H3,(H,23,27)(H,24,26). The van der Waals surface area contributed by atoms with E-state index in [4.69, 9.17) is 9.47 Å². The van der Waals surface area contributed by atoms with Gasteiger partial charge in [-0.15, -0.1) is 0 Å². The second-order valence-electron chi connectivity index (χ2n) is 7.74. The lowest BCUT2D eigenvalue weighted by atomic mass is 9.96. The molecule has 1 saturated heterocycles. The largest absolute Gasteiger partial charge is 0.465 e. The van der Waals surface area contributed by atoms with Crippen molar-refractivity contribution in [1.82, 2.24) is 10.2 Å².